The first-order valence-electron chi connectivity index (χ1n) is 11.1. The first-order valence-corrected chi connectivity index (χ1v) is 11.1. The molecule has 0 aliphatic carbocycles. The molecule has 0 saturated heterocycles. The van der Waals surface area contributed by atoms with Gasteiger partial charge in [0.15, 0.2) is 0 Å². The van der Waals surface area contributed by atoms with Crippen molar-refractivity contribution in [2.75, 3.05) is 5.32 Å². The Kier molecular flexibility index (Phi) is 5.69. The van der Waals surface area contributed by atoms with Crippen molar-refractivity contribution in [1.82, 2.24) is 0 Å². The smallest absolute Gasteiger partial charge is 0.255 e. The van der Waals surface area contributed by atoms with Crippen LogP contribution >= 0.6 is 0 Å². The number of anilines is 1. The van der Waals surface area contributed by atoms with E-state index < -0.39 is 0 Å². The van der Waals surface area contributed by atoms with Gasteiger partial charge in [0.25, 0.3) is 5.91 Å². The van der Waals surface area contributed by atoms with E-state index in [1.165, 1.54) is 10.8 Å². The number of carbonyl (C=O) groups is 1. The fourth-order valence-electron chi connectivity index (χ4n) is 3.99. The maximum atomic E-state index is 12.9. The van der Waals surface area contributed by atoms with E-state index in [1.54, 1.807) is 0 Å². The molecule has 1 amide bonds. The maximum absolute atomic E-state index is 12.9. The van der Waals surface area contributed by atoms with Gasteiger partial charge < -0.3 is 5.32 Å². The molecule has 0 bridgehead atoms. The molecule has 33 heavy (non-hydrogen) atoms. The van der Waals surface area contributed by atoms with Gasteiger partial charge in [0.1, 0.15) is 0 Å². The molecule has 3 heteroatoms. The average molecular weight is 429 g/mol. The van der Waals surface area contributed by atoms with Crippen LogP contribution in [0.1, 0.15) is 34.5 Å². The summed E-state index contributed by atoms with van der Waals surface area (Å²) in [7, 11) is 0. The molecule has 0 radical (unpaired) electrons. The van der Waals surface area contributed by atoms with Crippen molar-refractivity contribution in [3.63, 3.8) is 0 Å². The standard InChI is InChI=1S/C30H24N2O/c1-21(24-16-14-22-8-2-4-10-25(22)18-24)31-20-28-12-6-7-13-29(28)32-30(33)27-17-15-23-9-3-5-11-26(23)19-27/h2-21H,1H3,(H,32,33)/t21-/m0/s1. The number of hydrogen-bond acceptors (Lipinski definition) is 2. The summed E-state index contributed by atoms with van der Waals surface area (Å²) in [6.45, 7) is 2.08. The Labute approximate surface area is 193 Å². The van der Waals surface area contributed by atoms with E-state index in [4.69, 9.17) is 4.99 Å². The van der Waals surface area contributed by atoms with E-state index in [0.29, 0.717) is 5.56 Å². The number of hydrogen-bond donors (Lipinski definition) is 1. The van der Waals surface area contributed by atoms with Crippen molar-refractivity contribution in [1.29, 1.82) is 0 Å². The van der Waals surface area contributed by atoms with Gasteiger partial charge >= 0.3 is 0 Å². The van der Waals surface area contributed by atoms with Crippen LogP contribution in [0.15, 0.2) is 114 Å². The lowest BCUT2D eigenvalue weighted by Crippen LogP contribution is -2.13. The van der Waals surface area contributed by atoms with E-state index in [1.807, 2.05) is 79.0 Å². The van der Waals surface area contributed by atoms with Gasteiger partial charge in [-0.25, -0.2) is 0 Å². The molecule has 0 aromatic heterocycles. The summed E-state index contributed by atoms with van der Waals surface area (Å²) in [5, 5.41) is 7.64. The molecule has 0 spiro atoms. The summed E-state index contributed by atoms with van der Waals surface area (Å²) in [5.74, 6) is -0.135. The van der Waals surface area contributed by atoms with Crippen LogP contribution in [0, 0.1) is 0 Å². The molecule has 0 aliphatic heterocycles. The molecule has 1 N–H and O–H groups in total. The molecule has 5 aromatic rings. The quantitative estimate of drug-likeness (QED) is 0.291. The second-order valence-corrected chi connectivity index (χ2v) is 8.16. The SMILES string of the molecule is C[C@H](N=Cc1ccccc1NC(=O)c1ccc2ccccc2c1)c1ccc2ccccc2c1. The lowest BCUT2D eigenvalue weighted by molar-refractivity contribution is 0.102. The zero-order chi connectivity index (χ0) is 22.6. The number of aliphatic imine (C=N–C) groups is 1. The molecule has 0 heterocycles. The van der Waals surface area contributed by atoms with Crippen molar-refractivity contribution < 1.29 is 4.79 Å². The van der Waals surface area contributed by atoms with Crippen molar-refractivity contribution in [2.24, 2.45) is 4.99 Å². The van der Waals surface area contributed by atoms with Gasteiger partial charge in [-0.3, -0.25) is 9.79 Å². The molecule has 0 fully saturated rings. The van der Waals surface area contributed by atoms with Gasteiger partial charge in [-0.1, -0.05) is 84.9 Å². The Morgan fingerprint density at radius 2 is 1.33 bits per heavy atom. The summed E-state index contributed by atoms with van der Waals surface area (Å²) in [5.41, 5.74) is 3.40. The topological polar surface area (TPSA) is 41.5 Å². The van der Waals surface area contributed by atoms with Crippen molar-refractivity contribution in [3.8, 4) is 0 Å². The summed E-state index contributed by atoms with van der Waals surface area (Å²) < 4.78 is 0. The van der Waals surface area contributed by atoms with Crippen molar-refractivity contribution in [3.05, 3.63) is 126 Å². The van der Waals surface area contributed by atoms with Crippen LogP contribution in [0.5, 0.6) is 0 Å². The van der Waals surface area contributed by atoms with E-state index in [9.17, 15) is 4.79 Å². The summed E-state index contributed by atoms with van der Waals surface area (Å²) in [6, 6.07) is 36.3. The highest BCUT2D eigenvalue weighted by molar-refractivity contribution is 6.08. The van der Waals surface area contributed by atoms with Crippen LogP contribution in [-0.4, -0.2) is 12.1 Å². The third-order valence-electron chi connectivity index (χ3n) is 5.91. The molecule has 1 atom stereocenters. The number of nitrogens with one attached hydrogen (secondary N) is 1. The van der Waals surface area contributed by atoms with Gasteiger partial charge in [0.05, 0.1) is 6.04 Å². The molecule has 0 aliphatic rings. The second kappa shape index (κ2) is 9.09. The normalized spacial score (nSPS) is 12.3. The fraction of sp³-hybridized carbons (Fsp3) is 0.0667. The number of carbonyl (C=O) groups excluding carboxylic acids is 1. The summed E-state index contributed by atoms with van der Waals surface area (Å²) >= 11 is 0. The predicted molar refractivity (Wildman–Crippen MR) is 138 cm³/mol. The Balaban J connectivity index is 1.36. The van der Waals surface area contributed by atoms with Gasteiger partial charge in [-0.05, 0) is 58.3 Å². The van der Waals surface area contributed by atoms with E-state index in [0.717, 1.165) is 27.6 Å². The zero-order valence-electron chi connectivity index (χ0n) is 18.4. The van der Waals surface area contributed by atoms with Crippen LogP contribution in [0.4, 0.5) is 5.69 Å². The van der Waals surface area contributed by atoms with Crippen LogP contribution in [0.25, 0.3) is 21.5 Å². The lowest BCUT2D eigenvalue weighted by Gasteiger charge is -2.11. The molecule has 0 saturated carbocycles. The van der Waals surface area contributed by atoms with Gasteiger partial charge in [0.2, 0.25) is 0 Å². The second-order valence-electron chi connectivity index (χ2n) is 8.16. The molecule has 160 valence electrons. The minimum atomic E-state index is -0.135. The van der Waals surface area contributed by atoms with Gasteiger partial charge in [-0.15, -0.1) is 0 Å². The van der Waals surface area contributed by atoms with Crippen LogP contribution in [-0.2, 0) is 0 Å². The Bertz CT molecular complexity index is 1490. The monoisotopic (exact) mass is 428 g/mol. The van der Waals surface area contributed by atoms with E-state index in [-0.39, 0.29) is 11.9 Å². The minimum absolute atomic E-state index is 0.00106. The number of rotatable bonds is 5. The minimum Gasteiger partial charge on any atom is -0.321 e. The predicted octanol–water partition coefficient (Wildman–Crippen LogP) is 7.43. The number of benzene rings is 5. The number of fused-ring (bicyclic) bond motifs is 2. The molecule has 5 rings (SSSR count). The number of nitrogens with zero attached hydrogens (tertiary/aromatic N) is 1. The van der Waals surface area contributed by atoms with Crippen molar-refractivity contribution in [2.45, 2.75) is 13.0 Å². The van der Waals surface area contributed by atoms with E-state index >= 15 is 0 Å². The zero-order valence-corrected chi connectivity index (χ0v) is 18.4. The van der Waals surface area contributed by atoms with Gasteiger partial charge in [-0.2, -0.15) is 0 Å². The third-order valence-corrected chi connectivity index (χ3v) is 5.91. The molecular formula is C30H24N2O. The number of para-hydroxylation sites is 1. The van der Waals surface area contributed by atoms with Crippen molar-refractivity contribution >= 4 is 39.4 Å². The fourth-order valence-corrected chi connectivity index (χ4v) is 3.99. The number of amides is 1. The lowest BCUT2D eigenvalue weighted by atomic mass is 10.0. The first kappa shape index (κ1) is 20.7. The Hall–Kier alpha value is -4.24. The Morgan fingerprint density at radius 3 is 2.09 bits per heavy atom. The first-order chi connectivity index (χ1) is 16.2. The highest BCUT2D eigenvalue weighted by Crippen LogP contribution is 2.23. The average Bonchev–Trinajstić information content (AvgIpc) is 2.87. The molecular weight excluding hydrogens is 404 g/mol. The summed E-state index contributed by atoms with van der Waals surface area (Å²) in [6.07, 6.45) is 1.84. The highest BCUT2D eigenvalue weighted by atomic mass is 16.1. The Morgan fingerprint density at radius 1 is 0.727 bits per heavy atom. The van der Waals surface area contributed by atoms with Gasteiger partial charge in [0, 0.05) is 23.0 Å². The highest BCUT2D eigenvalue weighted by Gasteiger charge is 2.10. The molecule has 3 nitrogen and oxygen atoms in total. The van der Waals surface area contributed by atoms with Crippen LogP contribution in [0.3, 0.4) is 0 Å². The van der Waals surface area contributed by atoms with E-state index in [2.05, 4.69) is 48.6 Å². The molecule has 0 unspecified atom stereocenters. The van der Waals surface area contributed by atoms with Crippen LogP contribution in [0.2, 0.25) is 0 Å². The third kappa shape index (κ3) is 4.53. The summed E-state index contributed by atoms with van der Waals surface area (Å²) in [4.78, 5) is 17.7. The largest absolute Gasteiger partial charge is 0.321 e. The molecule has 5 aromatic carbocycles. The van der Waals surface area contributed by atoms with Crippen LogP contribution < -0.4 is 5.32 Å². The maximum Gasteiger partial charge on any atom is 0.255 e.